The minimum Gasteiger partial charge on any atom is -0.508 e. The zero-order chi connectivity index (χ0) is 9.14. The van der Waals surface area contributed by atoms with Crippen LogP contribution in [0.5, 0.6) is 11.5 Å². The first-order valence-electron chi connectivity index (χ1n) is 3.44. The predicted octanol–water partition coefficient (Wildman–Crippen LogP) is 0.999. The Morgan fingerprint density at radius 3 is 2.75 bits per heavy atom. The number of hydrogen-bond acceptors (Lipinski definition) is 3. The van der Waals surface area contributed by atoms with E-state index in [1.807, 2.05) is 0 Å². The zero-order valence-electron chi connectivity index (χ0n) is 6.67. The van der Waals surface area contributed by atoms with Crippen molar-refractivity contribution in [2.45, 2.75) is 6.54 Å². The van der Waals surface area contributed by atoms with E-state index in [4.69, 9.17) is 15.6 Å². The van der Waals surface area contributed by atoms with Gasteiger partial charge in [0.1, 0.15) is 17.3 Å². The Hall–Kier alpha value is -1.29. The second-order valence-corrected chi connectivity index (χ2v) is 2.31. The highest BCUT2D eigenvalue weighted by Gasteiger charge is 2.09. The van der Waals surface area contributed by atoms with Crippen LogP contribution in [-0.2, 0) is 6.54 Å². The lowest BCUT2D eigenvalue weighted by atomic mass is 10.2. The summed E-state index contributed by atoms with van der Waals surface area (Å²) in [6.07, 6.45) is 0. The fourth-order valence-electron chi connectivity index (χ4n) is 0.978. The van der Waals surface area contributed by atoms with Gasteiger partial charge in [0.25, 0.3) is 0 Å². The third kappa shape index (κ3) is 1.48. The van der Waals surface area contributed by atoms with Crippen molar-refractivity contribution in [3.8, 4) is 11.5 Å². The van der Waals surface area contributed by atoms with E-state index < -0.39 is 5.82 Å². The van der Waals surface area contributed by atoms with Crippen LogP contribution in [0.25, 0.3) is 0 Å². The van der Waals surface area contributed by atoms with Gasteiger partial charge in [-0.1, -0.05) is 0 Å². The quantitative estimate of drug-likeness (QED) is 0.697. The highest BCUT2D eigenvalue weighted by molar-refractivity contribution is 5.41. The van der Waals surface area contributed by atoms with Crippen LogP contribution < -0.4 is 10.5 Å². The molecule has 0 spiro atoms. The Morgan fingerprint density at radius 2 is 2.25 bits per heavy atom. The fraction of sp³-hybridized carbons (Fsp3) is 0.250. The highest BCUT2D eigenvalue weighted by atomic mass is 19.1. The summed E-state index contributed by atoms with van der Waals surface area (Å²) in [5, 5.41) is 8.98. The molecule has 0 fully saturated rings. The molecule has 12 heavy (non-hydrogen) atoms. The average Bonchev–Trinajstić information content (AvgIpc) is 2.03. The summed E-state index contributed by atoms with van der Waals surface area (Å²) in [6, 6.07) is 2.33. The van der Waals surface area contributed by atoms with Gasteiger partial charge in [-0.25, -0.2) is 4.39 Å². The molecule has 0 amide bonds. The fourth-order valence-corrected chi connectivity index (χ4v) is 0.978. The van der Waals surface area contributed by atoms with E-state index in [1.54, 1.807) is 0 Å². The van der Waals surface area contributed by atoms with Gasteiger partial charge < -0.3 is 15.6 Å². The zero-order valence-corrected chi connectivity index (χ0v) is 6.67. The SMILES string of the molecule is COc1cc(O)cc(F)c1CN. The lowest BCUT2D eigenvalue weighted by molar-refractivity contribution is 0.396. The maximum atomic E-state index is 13.0. The normalized spacial score (nSPS) is 9.92. The lowest BCUT2D eigenvalue weighted by Crippen LogP contribution is -2.02. The van der Waals surface area contributed by atoms with Crippen molar-refractivity contribution < 1.29 is 14.2 Å². The molecule has 0 unspecified atom stereocenters. The largest absolute Gasteiger partial charge is 0.508 e. The summed E-state index contributed by atoms with van der Waals surface area (Å²) in [6.45, 7) is 0.0509. The Morgan fingerprint density at radius 1 is 1.58 bits per heavy atom. The van der Waals surface area contributed by atoms with Crippen molar-refractivity contribution in [2.24, 2.45) is 5.73 Å². The molecule has 4 heteroatoms. The van der Waals surface area contributed by atoms with Gasteiger partial charge in [0.05, 0.1) is 7.11 Å². The first-order chi connectivity index (χ1) is 5.69. The summed E-state index contributed by atoms with van der Waals surface area (Å²) in [5.41, 5.74) is 5.55. The summed E-state index contributed by atoms with van der Waals surface area (Å²) >= 11 is 0. The molecule has 1 aromatic carbocycles. The Balaban J connectivity index is 3.24. The minimum absolute atomic E-state index is 0.0509. The monoisotopic (exact) mass is 171 g/mol. The number of phenolic OH excluding ortho intramolecular Hbond substituents is 1. The summed E-state index contributed by atoms with van der Waals surface area (Å²) < 4.78 is 17.8. The number of phenols is 1. The van der Waals surface area contributed by atoms with Crippen molar-refractivity contribution in [3.05, 3.63) is 23.5 Å². The maximum Gasteiger partial charge on any atom is 0.135 e. The highest BCUT2D eigenvalue weighted by Crippen LogP contribution is 2.26. The van der Waals surface area contributed by atoms with Crippen LogP contribution in [0.4, 0.5) is 4.39 Å². The van der Waals surface area contributed by atoms with Crippen molar-refractivity contribution in [1.82, 2.24) is 0 Å². The number of ether oxygens (including phenoxy) is 1. The number of aromatic hydroxyl groups is 1. The first-order valence-corrected chi connectivity index (χ1v) is 3.44. The summed E-state index contributed by atoms with van der Waals surface area (Å²) in [7, 11) is 1.40. The average molecular weight is 171 g/mol. The van der Waals surface area contributed by atoms with Gasteiger partial charge in [0, 0.05) is 24.2 Å². The molecule has 1 rings (SSSR count). The second kappa shape index (κ2) is 3.40. The van der Waals surface area contributed by atoms with E-state index >= 15 is 0 Å². The van der Waals surface area contributed by atoms with Crippen LogP contribution in [0.1, 0.15) is 5.56 Å². The Kier molecular flexibility index (Phi) is 2.50. The number of benzene rings is 1. The van der Waals surface area contributed by atoms with E-state index in [2.05, 4.69) is 0 Å². The third-order valence-corrected chi connectivity index (χ3v) is 1.56. The standard InChI is InChI=1S/C8H10FNO2/c1-12-8-3-5(11)2-7(9)6(8)4-10/h2-3,11H,4,10H2,1H3. The van der Waals surface area contributed by atoms with Crippen LogP contribution in [-0.4, -0.2) is 12.2 Å². The molecule has 0 aromatic heterocycles. The Bertz CT molecular complexity index is 289. The van der Waals surface area contributed by atoms with Gasteiger partial charge >= 0.3 is 0 Å². The topological polar surface area (TPSA) is 55.5 Å². The molecule has 1 aromatic rings. The number of halogens is 1. The van der Waals surface area contributed by atoms with Gasteiger partial charge in [-0.2, -0.15) is 0 Å². The van der Waals surface area contributed by atoms with Crippen LogP contribution in [0.3, 0.4) is 0 Å². The summed E-state index contributed by atoms with van der Waals surface area (Å²) in [5.74, 6) is -0.439. The van der Waals surface area contributed by atoms with E-state index in [-0.39, 0.29) is 23.6 Å². The maximum absolute atomic E-state index is 13.0. The summed E-state index contributed by atoms with van der Waals surface area (Å²) in [4.78, 5) is 0. The molecule has 0 saturated carbocycles. The van der Waals surface area contributed by atoms with Crippen molar-refractivity contribution in [3.63, 3.8) is 0 Å². The van der Waals surface area contributed by atoms with Gasteiger partial charge in [0.2, 0.25) is 0 Å². The van der Waals surface area contributed by atoms with Gasteiger partial charge in [0.15, 0.2) is 0 Å². The molecule has 0 radical (unpaired) electrons. The van der Waals surface area contributed by atoms with Gasteiger partial charge in [-0.3, -0.25) is 0 Å². The Labute approximate surface area is 69.6 Å². The molecule has 0 atom stereocenters. The minimum atomic E-state index is -0.547. The molecule has 0 aliphatic carbocycles. The van der Waals surface area contributed by atoms with Gasteiger partial charge in [-0.05, 0) is 0 Å². The van der Waals surface area contributed by atoms with Crippen LogP contribution in [0.2, 0.25) is 0 Å². The van der Waals surface area contributed by atoms with E-state index in [1.165, 1.54) is 13.2 Å². The molecule has 0 saturated heterocycles. The molecule has 0 aliphatic rings. The lowest BCUT2D eigenvalue weighted by Gasteiger charge is -2.07. The van der Waals surface area contributed by atoms with Crippen molar-refractivity contribution >= 4 is 0 Å². The number of hydrogen-bond donors (Lipinski definition) is 2. The molecule has 3 N–H and O–H groups in total. The number of rotatable bonds is 2. The predicted molar refractivity (Wildman–Crippen MR) is 42.5 cm³/mol. The van der Waals surface area contributed by atoms with Crippen LogP contribution >= 0.6 is 0 Å². The first kappa shape index (κ1) is 8.80. The molecule has 0 aliphatic heterocycles. The molecular weight excluding hydrogens is 161 g/mol. The third-order valence-electron chi connectivity index (χ3n) is 1.56. The number of nitrogens with two attached hydrogens (primary N) is 1. The van der Waals surface area contributed by atoms with Crippen LogP contribution in [0.15, 0.2) is 12.1 Å². The van der Waals surface area contributed by atoms with E-state index in [0.717, 1.165) is 6.07 Å². The van der Waals surface area contributed by atoms with E-state index in [9.17, 15) is 4.39 Å². The molecular formula is C8H10FNO2. The molecule has 66 valence electrons. The second-order valence-electron chi connectivity index (χ2n) is 2.31. The number of methoxy groups -OCH3 is 1. The molecule has 3 nitrogen and oxygen atoms in total. The van der Waals surface area contributed by atoms with Crippen molar-refractivity contribution in [2.75, 3.05) is 7.11 Å². The smallest absolute Gasteiger partial charge is 0.135 e. The van der Waals surface area contributed by atoms with E-state index in [0.29, 0.717) is 0 Å². The molecule has 0 bridgehead atoms. The molecule has 0 heterocycles. The van der Waals surface area contributed by atoms with Crippen molar-refractivity contribution in [1.29, 1.82) is 0 Å². The van der Waals surface area contributed by atoms with Crippen LogP contribution in [0, 0.1) is 5.82 Å². The van der Waals surface area contributed by atoms with Gasteiger partial charge in [-0.15, -0.1) is 0 Å².